The summed E-state index contributed by atoms with van der Waals surface area (Å²) in [6, 6.07) is 0.354. The van der Waals surface area contributed by atoms with Crippen LogP contribution in [0.2, 0.25) is 0 Å². The second-order valence-electron chi connectivity index (χ2n) is 3.94. The molecule has 2 rings (SSSR count). The van der Waals surface area contributed by atoms with E-state index in [0.717, 1.165) is 25.7 Å². The first-order chi connectivity index (χ1) is 7.25. The van der Waals surface area contributed by atoms with Crippen LogP contribution in [0.4, 0.5) is 11.6 Å². The van der Waals surface area contributed by atoms with E-state index in [1.807, 2.05) is 0 Å². The van der Waals surface area contributed by atoms with E-state index in [2.05, 4.69) is 15.3 Å². The van der Waals surface area contributed by atoms with Gasteiger partial charge in [-0.3, -0.25) is 0 Å². The number of aromatic nitrogens is 2. The highest BCUT2D eigenvalue weighted by Gasteiger charge is 2.19. The van der Waals surface area contributed by atoms with Crippen molar-refractivity contribution in [2.45, 2.75) is 37.8 Å². The van der Waals surface area contributed by atoms with Gasteiger partial charge in [0, 0.05) is 18.4 Å². The van der Waals surface area contributed by atoms with Crippen molar-refractivity contribution < 1.29 is 5.11 Å². The van der Waals surface area contributed by atoms with Crippen molar-refractivity contribution in [3.05, 3.63) is 12.4 Å². The summed E-state index contributed by atoms with van der Waals surface area (Å²) >= 11 is 0. The summed E-state index contributed by atoms with van der Waals surface area (Å²) in [6.45, 7) is 0. The lowest BCUT2D eigenvalue weighted by atomic mass is 9.93. The molecule has 5 nitrogen and oxygen atoms in total. The van der Waals surface area contributed by atoms with Gasteiger partial charge in [0.25, 0.3) is 0 Å². The first-order valence-electron chi connectivity index (χ1n) is 5.27. The second kappa shape index (κ2) is 4.44. The third-order valence-electron chi connectivity index (χ3n) is 2.76. The minimum Gasteiger partial charge on any atom is -0.393 e. The molecule has 0 radical (unpaired) electrons. The highest BCUT2D eigenvalue weighted by Crippen LogP contribution is 2.22. The maximum atomic E-state index is 9.37. The SMILES string of the molecule is Nc1nccnc1NC1CCC(O)CC1. The van der Waals surface area contributed by atoms with Crippen molar-refractivity contribution in [3.63, 3.8) is 0 Å². The van der Waals surface area contributed by atoms with Crippen molar-refractivity contribution in [2.75, 3.05) is 11.1 Å². The van der Waals surface area contributed by atoms with Crippen molar-refractivity contribution >= 4 is 11.6 Å². The van der Waals surface area contributed by atoms with E-state index < -0.39 is 0 Å². The van der Waals surface area contributed by atoms with Crippen molar-refractivity contribution in [2.24, 2.45) is 0 Å². The average Bonchev–Trinajstić information content (AvgIpc) is 2.25. The minimum absolute atomic E-state index is 0.137. The van der Waals surface area contributed by atoms with E-state index in [9.17, 15) is 5.11 Å². The number of anilines is 2. The van der Waals surface area contributed by atoms with Crippen LogP contribution in [0.5, 0.6) is 0 Å². The molecular weight excluding hydrogens is 192 g/mol. The maximum Gasteiger partial charge on any atom is 0.169 e. The zero-order valence-electron chi connectivity index (χ0n) is 8.56. The number of nitrogens with two attached hydrogens (primary N) is 1. The maximum absolute atomic E-state index is 9.37. The number of aliphatic hydroxyl groups excluding tert-OH is 1. The van der Waals surface area contributed by atoms with Crippen LogP contribution >= 0.6 is 0 Å². The van der Waals surface area contributed by atoms with Crippen LogP contribution in [0, 0.1) is 0 Å². The number of aliphatic hydroxyl groups is 1. The van der Waals surface area contributed by atoms with Crippen LogP contribution in [0.25, 0.3) is 0 Å². The molecular formula is C10H16N4O. The molecule has 1 fully saturated rings. The van der Waals surface area contributed by atoms with Gasteiger partial charge in [0.05, 0.1) is 6.10 Å². The molecule has 0 spiro atoms. The Morgan fingerprint density at radius 2 is 1.87 bits per heavy atom. The normalized spacial score (nSPS) is 26.2. The van der Waals surface area contributed by atoms with Crippen molar-refractivity contribution in [1.82, 2.24) is 9.97 Å². The molecule has 1 heterocycles. The lowest BCUT2D eigenvalue weighted by Gasteiger charge is -2.26. The molecule has 0 aliphatic heterocycles. The van der Waals surface area contributed by atoms with Gasteiger partial charge in [-0.25, -0.2) is 9.97 Å². The van der Waals surface area contributed by atoms with Gasteiger partial charge in [0.15, 0.2) is 11.6 Å². The molecule has 0 saturated heterocycles. The highest BCUT2D eigenvalue weighted by molar-refractivity contribution is 5.55. The van der Waals surface area contributed by atoms with E-state index >= 15 is 0 Å². The van der Waals surface area contributed by atoms with E-state index in [1.165, 1.54) is 0 Å². The summed E-state index contributed by atoms with van der Waals surface area (Å²) in [4.78, 5) is 8.09. The van der Waals surface area contributed by atoms with Crippen LogP contribution in [0.3, 0.4) is 0 Å². The minimum atomic E-state index is -0.137. The molecule has 0 unspecified atom stereocenters. The summed E-state index contributed by atoms with van der Waals surface area (Å²) in [5.74, 6) is 1.09. The number of nitrogen functional groups attached to an aromatic ring is 1. The van der Waals surface area contributed by atoms with Crippen molar-refractivity contribution in [1.29, 1.82) is 0 Å². The van der Waals surface area contributed by atoms with Gasteiger partial charge in [-0.1, -0.05) is 0 Å². The summed E-state index contributed by atoms with van der Waals surface area (Å²) in [5.41, 5.74) is 5.68. The molecule has 1 aromatic heterocycles. The second-order valence-corrected chi connectivity index (χ2v) is 3.94. The zero-order valence-corrected chi connectivity index (χ0v) is 8.56. The first kappa shape index (κ1) is 10.2. The number of hydrogen-bond acceptors (Lipinski definition) is 5. The number of nitrogens with zero attached hydrogens (tertiary/aromatic N) is 2. The summed E-state index contributed by atoms with van der Waals surface area (Å²) in [5, 5.41) is 12.6. The predicted molar refractivity (Wildman–Crippen MR) is 58.3 cm³/mol. The van der Waals surface area contributed by atoms with Gasteiger partial charge >= 0.3 is 0 Å². The molecule has 1 aliphatic carbocycles. The fraction of sp³-hybridized carbons (Fsp3) is 0.600. The Hall–Kier alpha value is -1.36. The molecule has 0 atom stereocenters. The standard InChI is InChI=1S/C10H16N4O/c11-9-10(13-6-5-12-9)14-7-1-3-8(15)4-2-7/h5-8,15H,1-4H2,(H2,11,12)(H,13,14). The van der Waals surface area contributed by atoms with Crippen LogP contribution in [-0.4, -0.2) is 27.2 Å². The molecule has 15 heavy (non-hydrogen) atoms. The molecule has 1 aliphatic rings. The molecule has 0 aromatic carbocycles. The molecule has 0 bridgehead atoms. The van der Waals surface area contributed by atoms with Crippen LogP contribution < -0.4 is 11.1 Å². The Morgan fingerprint density at radius 3 is 2.53 bits per heavy atom. The number of rotatable bonds is 2. The van der Waals surface area contributed by atoms with E-state index in [1.54, 1.807) is 12.4 Å². The predicted octanol–water partition coefficient (Wildman–Crippen LogP) is 0.774. The summed E-state index contributed by atoms with van der Waals surface area (Å²) in [7, 11) is 0. The fourth-order valence-electron chi connectivity index (χ4n) is 1.87. The van der Waals surface area contributed by atoms with Crippen LogP contribution in [0.15, 0.2) is 12.4 Å². The Kier molecular flexibility index (Phi) is 3.01. The first-order valence-corrected chi connectivity index (χ1v) is 5.27. The topological polar surface area (TPSA) is 84.1 Å². The van der Waals surface area contributed by atoms with Crippen molar-refractivity contribution in [3.8, 4) is 0 Å². The largest absolute Gasteiger partial charge is 0.393 e. The van der Waals surface area contributed by atoms with E-state index in [0.29, 0.717) is 17.7 Å². The lowest BCUT2D eigenvalue weighted by Crippen LogP contribution is -2.28. The average molecular weight is 208 g/mol. The molecule has 5 heteroatoms. The Balaban J connectivity index is 1.95. The molecule has 82 valence electrons. The van der Waals surface area contributed by atoms with Crippen LogP contribution in [0.1, 0.15) is 25.7 Å². The Bertz CT molecular complexity index is 323. The van der Waals surface area contributed by atoms with E-state index in [-0.39, 0.29) is 6.10 Å². The zero-order chi connectivity index (χ0) is 10.7. The third kappa shape index (κ3) is 2.56. The van der Waals surface area contributed by atoms with Gasteiger partial charge in [0.1, 0.15) is 0 Å². The Morgan fingerprint density at radius 1 is 1.20 bits per heavy atom. The third-order valence-corrected chi connectivity index (χ3v) is 2.76. The highest BCUT2D eigenvalue weighted by atomic mass is 16.3. The van der Waals surface area contributed by atoms with Gasteiger partial charge < -0.3 is 16.2 Å². The lowest BCUT2D eigenvalue weighted by molar-refractivity contribution is 0.126. The quantitative estimate of drug-likeness (QED) is 0.668. The smallest absolute Gasteiger partial charge is 0.169 e. The van der Waals surface area contributed by atoms with E-state index in [4.69, 9.17) is 5.73 Å². The number of hydrogen-bond donors (Lipinski definition) is 3. The number of nitrogens with one attached hydrogen (secondary N) is 1. The monoisotopic (exact) mass is 208 g/mol. The fourth-order valence-corrected chi connectivity index (χ4v) is 1.87. The van der Waals surface area contributed by atoms with Gasteiger partial charge in [-0.2, -0.15) is 0 Å². The summed E-state index contributed by atoms with van der Waals surface area (Å²) < 4.78 is 0. The summed E-state index contributed by atoms with van der Waals surface area (Å²) in [6.07, 6.45) is 6.66. The van der Waals surface area contributed by atoms with Gasteiger partial charge in [-0.15, -0.1) is 0 Å². The van der Waals surface area contributed by atoms with Crippen LogP contribution in [-0.2, 0) is 0 Å². The molecule has 4 N–H and O–H groups in total. The van der Waals surface area contributed by atoms with Gasteiger partial charge in [-0.05, 0) is 25.7 Å². The Labute approximate surface area is 88.7 Å². The molecule has 0 amide bonds. The van der Waals surface area contributed by atoms with Gasteiger partial charge in [0.2, 0.25) is 0 Å². The molecule has 1 aromatic rings. The molecule has 1 saturated carbocycles.